The molecule has 1 heterocycles. The Bertz CT molecular complexity index is 541. The molecule has 112 valence electrons. The molecule has 3 N–H and O–H groups in total. The maximum absolute atomic E-state index is 11.8. The van der Waals surface area contributed by atoms with E-state index in [9.17, 15) is 9.59 Å². The van der Waals surface area contributed by atoms with Gasteiger partial charge in [0.15, 0.2) is 5.16 Å². The van der Waals surface area contributed by atoms with Crippen molar-refractivity contribution in [3.05, 3.63) is 10.5 Å². The Morgan fingerprint density at radius 1 is 1.70 bits per heavy atom. The molecule has 1 aromatic heterocycles. The molecule has 1 aliphatic carbocycles. The number of nitrogens with two attached hydrogens (primary N) is 1. The van der Waals surface area contributed by atoms with Crippen LogP contribution in [0.25, 0.3) is 0 Å². The van der Waals surface area contributed by atoms with Gasteiger partial charge >= 0.3 is 11.7 Å². The smallest absolute Gasteiger partial charge is 0.343 e. The molecule has 0 bridgehead atoms. The summed E-state index contributed by atoms with van der Waals surface area (Å²) >= 11 is 1.50. The quantitative estimate of drug-likeness (QED) is 0.785. The molecule has 2 atom stereocenters. The van der Waals surface area contributed by atoms with E-state index in [-0.39, 0.29) is 16.9 Å². The minimum Gasteiger partial charge on any atom is -0.468 e. The lowest BCUT2D eigenvalue weighted by Gasteiger charge is -2.34. The van der Waals surface area contributed by atoms with Crippen LogP contribution in [0.5, 0.6) is 0 Å². The number of thioether (sulfide) groups is 1. The topological polar surface area (TPSA) is 103 Å². The van der Waals surface area contributed by atoms with Gasteiger partial charge in [-0.3, -0.25) is 9.36 Å². The molecule has 0 aliphatic heterocycles. The van der Waals surface area contributed by atoms with Crippen molar-refractivity contribution in [3.8, 4) is 0 Å². The lowest BCUT2D eigenvalue weighted by atomic mass is 9.82. The Morgan fingerprint density at radius 2 is 2.45 bits per heavy atom. The summed E-state index contributed by atoms with van der Waals surface area (Å²) in [4.78, 5) is 23.3. The number of carbonyl (C=O) groups excluding carboxylic acids is 1. The van der Waals surface area contributed by atoms with E-state index in [2.05, 4.69) is 10.2 Å². The summed E-state index contributed by atoms with van der Waals surface area (Å²) in [5, 5.41) is 7.28. The van der Waals surface area contributed by atoms with Crippen LogP contribution in [0.4, 0.5) is 0 Å². The van der Waals surface area contributed by atoms with Gasteiger partial charge in [-0.25, -0.2) is 9.89 Å². The van der Waals surface area contributed by atoms with E-state index < -0.39 is 5.54 Å². The van der Waals surface area contributed by atoms with Gasteiger partial charge < -0.3 is 10.5 Å². The first-order valence-electron chi connectivity index (χ1n) is 6.69. The van der Waals surface area contributed by atoms with Gasteiger partial charge in [-0.05, 0) is 32.6 Å². The van der Waals surface area contributed by atoms with Gasteiger partial charge in [0.1, 0.15) is 5.54 Å². The second-order valence-corrected chi connectivity index (χ2v) is 6.31. The molecule has 20 heavy (non-hydrogen) atoms. The van der Waals surface area contributed by atoms with E-state index >= 15 is 0 Å². The number of H-pyrrole nitrogens is 1. The predicted octanol–water partition coefficient (Wildman–Crippen LogP) is 0.496. The first-order chi connectivity index (χ1) is 9.50. The molecule has 1 aromatic rings. The SMILES string of the molecule is CCn1c(SC2CCCC(N)(C(=O)OC)C2)n[nH]c1=O. The summed E-state index contributed by atoms with van der Waals surface area (Å²) in [7, 11) is 1.36. The number of aromatic nitrogens is 3. The average Bonchev–Trinajstić information content (AvgIpc) is 2.78. The molecule has 2 unspecified atom stereocenters. The molecule has 0 spiro atoms. The Hall–Kier alpha value is -1.28. The van der Waals surface area contributed by atoms with Crippen molar-refractivity contribution in [1.29, 1.82) is 0 Å². The normalized spacial score (nSPS) is 26.4. The minimum absolute atomic E-state index is 0.161. The number of rotatable bonds is 4. The predicted molar refractivity (Wildman–Crippen MR) is 75.6 cm³/mol. The van der Waals surface area contributed by atoms with E-state index in [0.29, 0.717) is 24.5 Å². The lowest BCUT2D eigenvalue weighted by molar-refractivity contribution is -0.148. The molecule has 0 radical (unpaired) electrons. The van der Waals surface area contributed by atoms with E-state index in [0.717, 1.165) is 12.8 Å². The number of nitrogens with zero attached hydrogens (tertiary/aromatic N) is 2. The summed E-state index contributed by atoms with van der Waals surface area (Å²) < 4.78 is 6.37. The van der Waals surface area contributed by atoms with Crippen LogP contribution in [-0.4, -0.2) is 38.6 Å². The van der Waals surface area contributed by atoms with E-state index in [4.69, 9.17) is 10.5 Å². The summed E-state index contributed by atoms with van der Waals surface area (Å²) in [6, 6.07) is 0. The monoisotopic (exact) mass is 300 g/mol. The zero-order valence-electron chi connectivity index (χ0n) is 11.7. The third-order valence-electron chi connectivity index (χ3n) is 3.64. The number of aromatic amines is 1. The van der Waals surface area contributed by atoms with Crippen molar-refractivity contribution in [2.45, 2.75) is 55.1 Å². The van der Waals surface area contributed by atoms with Gasteiger partial charge in [0.25, 0.3) is 0 Å². The molecule has 0 aromatic carbocycles. The number of hydrogen-bond donors (Lipinski definition) is 2. The van der Waals surface area contributed by atoms with Crippen LogP contribution < -0.4 is 11.4 Å². The lowest BCUT2D eigenvalue weighted by Crippen LogP contribution is -2.52. The van der Waals surface area contributed by atoms with Crippen molar-refractivity contribution in [2.24, 2.45) is 5.73 Å². The Labute approximate surface area is 121 Å². The standard InChI is InChI=1S/C12H20N4O3S/c1-3-16-10(18)14-15-11(16)20-8-5-4-6-12(13,7-8)9(17)19-2/h8H,3-7,13H2,1-2H3,(H,14,18). The first kappa shape index (κ1) is 15.1. The number of methoxy groups -OCH3 is 1. The highest BCUT2D eigenvalue weighted by molar-refractivity contribution is 7.99. The fraction of sp³-hybridized carbons (Fsp3) is 0.750. The molecule has 1 aliphatic rings. The fourth-order valence-electron chi connectivity index (χ4n) is 2.57. The van der Waals surface area contributed by atoms with Gasteiger partial charge in [-0.2, -0.15) is 0 Å². The van der Waals surface area contributed by atoms with Crippen LogP contribution in [0.3, 0.4) is 0 Å². The number of nitrogens with one attached hydrogen (secondary N) is 1. The maximum Gasteiger partial charge on any atom is 0.343 e. The average molecular weight is 300 g/mol. The van der Waals surface area contributed by atoms with Crippen molar-refractivity contribution in [3.63, 3.8) is 0 Å². The zero-order valence-corrected chi connectivity index (χ0v) is 12.5. The molecular formula is C12H20N4O3S. The Kier molecular flexibility index (Phi) is 4.54. The van der Waals surface area contributed by atoms with E-state index in [1.807, 2.05) is 6.92 Å². The van der Waals surface area contributed by atoms with Gasteiger partial charge in [-0.1, -0.05) is 11.8 Å². The second-order valence-electron chi connectivity index (χ2n) is 5.04. The number of carbonyl (C=O) groups is 1. The first-order valence-corrected chi connectivity index (χ1v) is 7.57. The molecule has 8 heteroatoms. The van der Waals surface area contributed by atoms with Gasteiger partial charge in [0, 0.05) is 11.8 Å². The molecule has 1 fully saturated rings. The van der Waals surface area contributed by atoms with Crippen molar-refractivity contribution in [1.82, 2.24) is 14.8 Å². The number of ether oxygens (including phenoxy) is 1. The Morgan fingerprint density at radius 3 is 3.10 bits per heavy atom. The van der Waals surface area contributed by atoms with Crippen LogP contribution in [0.15, 0.2) is 9.95 Å². The fourth-order valence-corrected chi connectivity index (χ4v) is 3.97. The highest BCUT2D eigenvalue weighted by Gasteiger charge is 2.41. The number of esters is 1. The summed E-state index contributed by atoms with van der Waals surface area (Å²) in [6.07, 6.45) is 2.99. The van der Waals surface area contributed by atoms with Gasteiger partial charge in [0.05, 0.1) is 7.11 Å². The van der Waals surface area contributed by atoms with Crippen molar-refractivity contribution < 1.29 is 9.53 Å². The van der Waals surface area contributed by atoms with Crippen LogP contribution in [0.1, 0.15) is 32.6 Å². The molecule has 0 saturated heterocycles. The Balaban J connectivity index is 2.10. The van der Waals surface area contributed by atoms with Crippen LogP contribution >= 0.6 is 11.8 Å². The maximum atomic E-state index is 11.8. The van der Waals surface area contributed by atoms with E-state index in [1.54, 1.807) is 4.57 Å². The molecule has 1 saturated carbocycles. The highest BCUT2D eigenvalue weighted by atomic mass is 32.2. The summed E-state index contributed by atoms with van der Waals surface area (Å²) in [6.45, 7) is 2.46. The van der Waals surface area contributed by atoms with Crippen LogP contribution in [0, 0.1) is 0 Å². The zero-order chi connectivity index (χ0) is 14.8. The van der Waals surface area contributed by atoms with E-state index in [1.165, 1.54) is 18.9 Å². The third-order valence-corrected chi connectivity index (χ3v) is 4.90. The highest BCUT2D eigenvalue weighted by Crippen LogP contribution is 2.36. The van der Waals surface area contributed by atoms with Crippen LogP contribution in [-0.2, 0) is 16.1 Å². The molecule has 7 nitrogen and oxygen atoms in total. The summed E-state index contributed by atoms with van der Waals surface area (Å²) in [5.74, 6) is -0.363. The largest absolute Gasteiger partial charge is 0.468 e. The molecule has 0 amide bonds. The summed E-state index contributed by atoms with van der Waals surface area (Å²) in [5.41, 5.74) is 5.02. The molecular weight excluding hydrogens is 280 g/mol. The van der Waals surface area contributed by atoms with Gasteiger partial charge in [-0.15, -0.1) is 5.10 Å². The van der Waals surface area contributed by atoms with Crippen molar-refractivity contribution in [2.75, 3.05) is 7.11 Å². The van der Waals surface area contributed by atoms with Gasteiger partial charge in [0.2, 0.25) is 0 Å². The minimum atomic E-state index is -0.918. The second kappa shape index (κ2) is 6.01. The molecule has 2 rings (SSSR count). The van der Waals surface area contributed by atoms with Crippen LogP contribution in [0.2, 0.25) is 0 Å². The van der Waals surface area contributed by atoms with Crippen molar-refractivity contribution >= 4 is 17.7 Å². The number of hydrogen-bond acceptors (Lipinski definition) is 6. The third kappa shape index (κ3) is 2.90.